The van der Waals surface area contributed by atoms with E-state index in [1.54, 1.807) is 0 Å². The average molecular weight is 270 g/mol. The lowest BCUT2D eigenvalue weighted by atomic mass is 9.68. The zero-order valence-electron chi connectivity index (χ0n) is 13.1. The van der Waals surface area contributed by atoms with Gasteiger partial charge in [-0.1, -0.05) is 27.7 Å². The van der Waals surface area contributed by atoms with E-state index >= 15 is 0 Å². The number of esters is 1. The highest BCUT2D eigenvalue weighted by Gasteiger charge is 2.33. The van der Waals surface area contributed by atoms with E-state index in [0.29, 0.717) is 17.8 Å². The molecule has 0 amide bonds. The van der Waals surface area contributed by atoms with Crippen molar-refractivity contribution in [3.05, 3.63) is 0 Å². The van der Waals surface area contributed by atoms with Gasteiger partial charge in [0.1, 0.15) is 0 Å². The molecule has 1 aliphatic carbocycles. The maximum atomic E-state index is 11.4. The molecule has 0 spiro atoms. The van der Waals surface area contributed by atoms with Crippen molar-refractivity contribution < 1.29 is 14.6 Å². The van der Waals surface area contributed by atoms with Crippen molar-refractivity contribution in [3.63, 3.8) is 0 Å². The third-order valence-electron chi connectivity index (χ3n) is 4.74. The van der Waals surface area contributed by atoms with Gasteiger partial charge in [-0.3, -0.25) is 4.79 Å². The predicted molar refractivity (Wildman–Crippen MR) is 76.7 cm³/mol. The molecule has 112 valence electrons. The number of hydrogen-bond acceptors (Lipinski definition) is 3. The molecule has 3 nitrogen and oxygen atoms in total. The van der Waals surface area contributed by atoms with Crippen LogP contribution in [-0.2, 0) is 9.53 Å². The summed E-state index contributed by atoms with van der Waals surface area (Å²) in [5, 5.41) is 10.3. The molecule has 0 saturated heterocycles. The van der Waals surface area contributed by atoms with Crippen molar-refractivity contribution in [2.75, 3.05) is 7.11 Å². The quantitative estimate of drug-likeness (QED) is 0.796. The van der Waals surface area contributed by atoms with Crippen LogP contribution in [0.3, 0.4) is 0 Å². The van der Waals surface area contributed by atoms with Crippen molar-refractivity contribution in [1.82, 2.24) is 0 Å². The van der Waals surface area contributed by atoms with Gasteiger partial charge in [-0.05, 0) is 49.4 Å². The number of aliphatic hydroxyl groups is 1. The molecule has 2 atom stereocenters. The van der Waals surface area contributed by atoms with Gasteiger partial charge in [0.25, 0.3) is 0 Å². The summed E-state index contributed by atoms with van der Waals surface area (Å²) >= 11 is 0. The Morgan fingerprint density at radius 1 is 1.26 bits per heavy atom. The fourth-order valence-corrected chi connectivity index (χ4v) is 3.22. The van der Waals surface area contributed by atoms with Crippen LogP contribution in [0.15, 0.2) is 0 Å². The second-order valence-corrected chi connectivity index (χ2v) is 7.20. The summed E-state index contributed by atoms with van der Waals surface area (Å²) in [5.41, 5.74) is 0.370. The maximum Gasteiger partial charge on any atom is 0.308 e. The summed E-state index contributed by atoms with van der Waals surface area (Å²) in [5.74, 6) is 0.683. The molecule has 0 aromatic heterocycles. The summed E-state index contributed by atoms with van der Waals surface area (Å²) in [6.45, 7) is 8.73. The third-order valence-corrected chi connectivity index (χ3v) is 4.74. The standard InChI is InChI=1S/C16H30O3/c1-11(15(18)19-5)10-14(17)12-6-8-13(9-7-12)16(2,3)4/h11-14,17H,6-10H2,1-5H3. The number of carbonyl (C=O) groups excluding carboxylic acids is 1. The van der Waals surface area contributed by atoms with Crippen molar-refractivity contribution in [3.8, 4) is 0 Å². The average Bonchev–Trinajstić information content (AvgIpc) is 2.36. The van der Waals surface area contributed by atoms with Crippen LogP contribution in [0.1, 0.15) is 59.8 Å². The number of rotatable bonds is 4. The minimum absolute atomic E-state index is 0.208. The fourth-order valence-electron chi connectivity index (χ4n) is 3.22. The molecule has 0 heterocycles. The monoisotopic (exact) mass is 270 g/mol. The molecule has 2 unspecified atom stereocenters. The highest BCUT2D eigenvalue weighted by atomic mass is 16.5. The molecule has 3 heteroatoms. The Bertz CT molecular complexity index is 285. The molecule has 0 aliphatic heterocycles. The number of carbonyl (C=O) groups is 1. The smallest absolute Gasteiger partial charge is 0.308 e. The van der Waals surface area contributed by atoms with E-state index in [4.69, 9.17) is 4.74 Å². The van der Waals surface area contributed by atoms with E-state index in [-0.39, 0.29) is 18.0 Å². The highest BCUT2D eigenvalue weighted by Crippen LogP contribution is 2.41. The largest absolute Gasteiger partial charge is 0.469 e. The minimum atomic E-state index is -0.366. The van der Waals surface area contributed by atoms with Gasteiger partial charge >= 0.3 is 5.97 Å². The topological polar surface area (TPSA) is 46.5 Å². The van der Waals surface area contributed by atoms with E-state index in [9.17, 15) is 9.90 Å². The summed E-state index contributed by atoms with van der Waals surface area (Å²) in [4.78, 5) is 11.4. The van der Waals surface area contributed by atoms with Crippen molar-refractivity contribution in [2.24, 2.45) is 23.2 Å². The van der Waals surface area contributed by atoms with Gasteiger partial charge in [-0.15, -0.1) is 0 Å². The molecule has 1 aliphatic rings. The summed E-state index contributed by atoms with van der Waals surface area (Å²) in [6.07, 6.45) is 4.70. The van der Waals surface area contributed by atoms with Crippen LogP contribution < -0.4 is 0 Å². The number of hydrogen-bond donors (Lipinski definition) is 1. The minimum Gasteiger partial charge on any atom is -0.469 e. The number of ether oxygens (including phenoxy) is 1. The summed E-state index contributed by atoms with van der Waals surface area (Å²) in [7, 11) is 1.40. The normalized spacial score (nSPS) is 27.7. The van der Waals surface area contributed by atoms with Crippen LogP contribution in [0.4, 0.5) is 0 Å². The highest BCUT2D eigenvalue weighted by molar-refractivity contribution is 5.71. The molecule has 1 N–H and O–H groups in total. The zero-order valence-corrected chi connectivity index (χ0v) is 13.1. The van der Waals surface area contributed by atoms with Crippen LogP contribution in [0, 0.1) is 23.2 Å². The van der Waals surface area contributed by atoms with E-state index < -0.39 is 0 Å². The molecule has 19 heavy (non-hydrogen) atoms. The maximum absolute atomic E-state index is 11.4. The van der Waals surface area contributed by atoms with Crippen molar-refractivity contribution in [2.45, 2.75) is 65.9 Å². The Hall–Kier alpha value is -0.570. The van der Waals surface area contributed by atoms with E-state index in [2.05, 4.69) is 20.8 Å². The Kier molecular flexibility index (Phi) is 5.84. The Balaban J connectivity index is 2.41. The first-order valence-electron chi connectivity index (χ1n) is 7.51. The lowest BCUT2D eigenvalue weighted by Gasteiger charge is -2.38. The molecule has 0 radical (unpaired) electrons. The summed E-state index contributed by atoms with van der Waals surface area (Å²) < 4.78 is 4.71. The summed E-state index contributed by atoms with van der Waals surface area (Å²) in [6, 6.07) is 0. The van der Waals surface area contributed by atoms with Crippen LogP contribution in [0.25, 0.3) is 0 Å². The van der Waals surface area contributed by atoms with E-state index in [1.807, 2.05) is 6.92 Å². The molecule has 0 aromatic rings. The Morgan fingerprint density at radius 3 is 2.21 bits per heavy atom. The molecule has 1 rings (SSSR count). The lowest BCUT2D eigenvalue weighted by Crippen LogP contribution is -2.32. The van der Waals surface area contributed by atoms with Crippen LogP contribution in [0.5, 0.6) is 0 Å². The Labute approximate surface area is 117 Å². The van der Waals surface area contributed by atoms with Crippen molar-refractivity contribution >= 4 is 5.97 Å². The van der Waals surface area contributed by atoms with Crippen molar-refractivity contribution in [1.29, 1.82) is 0 Å². The lowest BCUT2D eigenvalue weighted by molar-refractivity contribution is -0.146. The van der Waals surface area contributed by atoms with E-state index in [0.717, 1.165) is 18.8 Å². The zero-order chi connectivity index (χ0) is 14.6. The molecule has 0 aromatic carbocycles. The number of aliphatic hydroxyl groups excluding tert-OH is 1. The van der Waals surface area contributed by atoms with Gasteiger partial charge in [0.2, 0.25) is 0 Å². The van der Waals surface area contributed by atoms with Crippen LogP contribution in [-0.4, -0.2) is 24.3 Å². The molecule has 1 fully saturated rings. The first-order chi connectivity index (χ1) is 8.75. The van der Waals surface area contributed by atoms with Gasteiger partial charge in [0.05, 0.1) is 19.1 Å². The van der Waals surface area contributed by atoms with Gasteiger partial charge in [0, 0.05) is 0 Å². The van der Waals surface area contributed by atoms with E-state index in [1.165, 1.54) is 20.0 Å². The molecule has 0 bridgehead atoms. The Morgan fingerprint density at radius 2 is 1.79 bits per heavy atom. The molecular formula is C16H30O3. The second kappa shape index (κ2) is 6.74. The van der Waals surface area contributed by atoms with Gasteiger partial charge in [-0.2, -0.15) is 0 Å². The third kappa shape index (κ3) is 4.79. The number of methoxy groups -OCH3 is 1. The van der Waals surface area contributed by atoms with Gasteiger partial charge < -0.3 is 9.84 Å². The van der Waals surface area contributed by atoms with Crippen LogP contribution >= 0.6 is 0 Å². The first kappa shape index (κ1) is 16.5. The predicted octanol–water partition coefficient (Wildman–Crippen LogP) is 3.40. The molecular weight excluding hydrogens is 240 g/mol. The van der Waals surface area contributed by atoms with Crippen LogP contribution in [0.2, 0.25) is 0 Å². The molecule has 1 saturated carbocycles. The SMILES string of the molecule is COC(=O)C(C)CC(O)C1CCC(C(C)(C)C)CC1. The van der Waals surface area contributed by atoms with Gasteiger partial charge in [0.15, 0.2) is 0 Å². The second-order valence-electron chi connectivity index (χ2n) is 7.20. The first-order valence-corrected chi connectivity index (χ1v) is 7.51. The fraction of sp³-hybridized carbons (Fsp3) is 0.938. The van der Waals surface area contributed by atoms with Gasteiger partial charge in [-0.25, -0.2) is 0 Å².